The molecule has 1 aromatic carbocycles. The van der Waals surface area contributed by atoms with Crippen molar-refractivity contribution in [3.05, 3.63) is 52.9 Å². The van der Waals surface area contributed by atoms with E-state index in [4.69, 9.17) is 15.8 Å². The van der Waals surface area contributed by atoms with Crippen LogP contribution >= 0.6 is 11.6 Å². The first-order valence-corrected chi connectivity index (χ1v) is 12.0. The highest BCUT2D eigenvalue weighted by Gasteiger charge is 2.33. The largest absolute Gasteiger partial charge is 0.433 e. The summed E-state index contributed by atoms with van der Waals surface area (Å²) in [6.45, 7) is 0.127. The van der Waals surface area contributed by atoms with Gasteiger partial charge in [0.1, 0.15) is 11.4 Å². The van der Waals surface area contributed by atoms with Crippen LogP contribution in [0.1, 0.15) is 35.1 Å². The molecular weight excluding hydrogens is 485 g/mol. The second kappa shape index (κ2) is 8.58. The van der Waals surface area contributed by atoms with E-state index >= 15 is 0 Å². The Kier molecular flexibility index (Phi) is 6.10. The second-order valence-electron chi connectivity index (χ2n) is 7.84. The maximum absolute atomic E-state index is 12.9. The van der Waals surface area contributed by atoms with Crippen molar-refractivity contribution in [2.24, 2.45) is 5.92 Å². The second-order valence-corrected chi connectivity index (χ2v) is 9.89. The first kappa shape index (κ1) is 23.5. The Balaban J connectivity index is 1.47. The van der Waals surface area contributed by atoms with Gasteiger partial charge in [-0.25, -0.2) is 4.98 Å². The molecule has 0 bridgehead atoms. The predicted molar refractivity (Wildman–Crippen MR) is 114 cm³/mol. The van der Waals surface area contributed by atoms with Gasteiger partial charge in [-0.3, -0.25) is 13.7 Å². The van der Waals surface area contributed by atoms with Crippen LogP contribution in [0.3, 0.4) is 0 Å². The summed E-state index contributed by atoms with van der Waals surface area (Å²) in [7, 11) is -3.48. The van der Waals surface area contributed by atoms with E-state index in [-0.39, 0.29) is 29.3 Å². The Labute approximate surface area is 191 Å². The third-order valence-corrected chi connectivity index (χ3v) is 6.11. The Bertz CT molecular complexity index is 1320. The molecule has 0 saturated heterocycles. The number of benzene rings is 1. The van der Waals surface area contributed by atoms with Crippen molar-refractivity contribution >= 4 is 44.2 Å². The highest BCUT2D eigenvalue weighted by Crippen LogP contribution is 2.39. The van der Waals surface area contributed by atoms with E-state index in [0.717, 1.165) is 18.4 Å². The number of amides is 1. The molecule has 2 aromatic heterocycles. The van der Waals surface area contributed by atoms with Crippen LogP contribution in [0.15, 0.2) is 36.5 Å². The lowest BCUT2D eigenvalue weighted by Gasteiger charge is -2.34. The summed E-state index contributed by atoms with van der Waals surface area (Å²) in [5.74, 6) is -0.724. The molecule has 13 heteroatoms. The normalized spacial score (nSPS) is 18.8. The number of hydrogen-bond donors (Lipinski definition) is 1. The molecule has 33 heavy (non-hydrogen) atoms. The zero-order chi connectivity index (χ0) is 24.0. The summed E-state index contributed by atoms with van der Waals surface area (Å²) in [5.41, 5.74) is -0.779. The molecule has 1 aliphatic rings. The Hall–Kier alpha value is -2.70. The van der Waals surface area contributed by atoms with E-state index in [0.29, 0.717) is 23.7 Å². The minimum absolute atomic E-state index is 0.0664. The minimum atomic E-state index is -4.67. The summed E-state index contributed by atoms with van der Waals surface area (Å²) in [6, 6.07) is 6.25. The number of nitrogens with one attached hydrogen (secondary N) is 1. The zero-order valence-corrected chi connectivity index (χ0v) is 18.7. The maximum atomic E-state index is 12.9. The summed E-state index contributed by atoms with van der Waals surface area (Å²) in [6.07, 6.45) is -0.502. The first-order chi connectivity index (χ1) is 15.4. The standard InChI is InChI=1S/C20H18ClF3N4O4S/c1-33(30,31)32-10-11-5-13(6-11)28-9-12-7-17(14(21)8-16(12)27-28)26-19(29)15-3-2-4-18(25-15)20(22,23)24/h2-4,7-9,11,13H,5-6,10H2,1H3,(H,26,29). The number of fused-ring (bicyclic) bond motifs is 1. The average Bonchev–Trinajstić information content (AvgIpc) is 3.07. The van der Waals surface area contributed by atoms with Crippen molar-refractivity contribution in [1.82, 2.24) is 14.8 Å². The molecule has 0 unspecified atom stereocenters. The highest BCUT2D eigenvalue weighted by atomic mass is 35.5. The summed E-state index contributed by atoms with van der Waals surface area (Å²) in [5, 5.41) is 7.81. The van der Waals surface area contributed by atoms with Gasteiger partial charge in [-0.2, -0.15) is 26.7 Å². The van der Waals surface area contributed by atoms with Crippen molar-refractivity contribution < 1.29 is 30.6 Å². The van der Waals surface area contributed by atoms with Crippen molar-refractivity contribution in [2.75, 3.05) is 18.2 Å². The molecular formula is C20H18ClF3N4O4S. The number of nitrogens with zero attached hydrogens (tertiary/aromatic N) is 3. The van der Waals surface area contributed by atoms with Crippen LogP contribution in [0.25, 0.3) is 10.9 Å². The summed E-state index contributed by atoms with van der Waals surface area (Å²) in [4.78, 5) is 15.8. The van der Waals surface area contributed by atoms with Crippen LogP contribution in [0.5, 0.6) is 0 Å². The molecule has 2 heterocycles. The Morgan fingerprint density at radius 3 is 2.70 bits per heavy atom. The summed E-state index contributed by atoms with van der Waals surface area (Å²) < 4.78 is 67.4. The minimum Gasteiger partial charge on any atom is -0.319 e. The van der Waals surface area contributed by atoms with Gasteiger partial charge in [-0.15, -0.1) is 0 Å². The van der Waals surface area contributed by atoms with E-state index in [2.05, 4.69) is 15.4 Å². The van der Waals surface area contributed by atoms with E-state index in [1.165, 1.54) is 6.07 Å². The van der Waals surface area contributed by atoms with E-state index in [1.807, 2.05) is 0 Å². The van der Waals surface area contributed by atoms with Crippen molar-refractivity contribution in [3.8, 4) is 0 Å². The lowest BCUT2D eigenvalue weighted by molar-refractivity contribution is -0.141. The van der Waals surface area contributed by atoms with Crippen molar-refractivity contribution in [2.45, 2.75) is 25.1 Å². The number of anilines is 1. The molecule has 1 amide bonds. The quantitative estimate of drug-likeness (QED) is 0.505. The van der Waals surface area contributed by atoms with Gasteiger partial charge in [0.05, 0.1) is 35.1 Å². The van der Waals surface area contributed by atoms with Gasteiger partial charge >= 0.3 is 6.18 Å². The smallest absolute Gasteiger partial charge is 0.319 e. The third kappa shape index (κ3) is 5.45. The molecule has 8 nitrogen and oxygen atoms in total. The van der Waals surface area contributed by atoms with Crippen LogP contribution < -0.4 is 5.32 Å². The molecule has 0 spiro atoms. The highest BCUT2D eigenvalue weighted by molar-refractivity contribution is 7.85. The molecule has 1 fully saturated rings. The van der Waals surface area contributed by atoms with Gasteiger partial charge in [-0.05, 0) is 43.0 Å². The Morgan fingerprint density at radius 2 is 2.03 bits per heavy atom. The fourth-order valence-corrected chi connectivity index (χ4v) is 4.17. The third-order valence-electron chi connectivity index (χ3n) is 5.23. The van der Waals surface area contributed by atoms with Crippen LogP contribution in [0, 0.1) is 5.92 Å². The van der Waals surface area contributed by atoms with E-state index in [9.17, 15) is 26.4 Å². The molecule has 1 aliphatic carbocycles. The molecule has 0 radical (unpaired) electrons. The molecule has 1 saturated carbocycles. The van der Waals surface area contributed by atoms with Gasteiger partial charge in [0.25, 0.3) is 16.0 Å². The molecule has 0 aliphatic heterocycles. The molecule has 0 atom stereocenters. The molecule has 4 rings (SSSR count). The van der Waals surface area contributed by atoms with Crippen LogP contribution in [-0.4, -0.2) is 42.0 Å². The molecule has 176 valence electrons. The van der Waals surface area contributed by atoms with Gasteiger partial charge in [0.2, 0.25) is 0 Å². The number of pyridine rings is 1. The number of alkyl halides is 3. The number of aromatic nitrogens is 3. The van der Waals surface area contributed by atoms with Crippen LogP contribution in [0.2, 0.25) is 5.02 Å². The Morgan fingerprint density at radius 1 is 1.30 bits per heavy atom. The van der Waals surface area contributed by atoms with Gasteiger partial charge < -0.3 is 5.32 Å². The van der Waals surface area contributed by atoms with E-state index < -0.39 is 33.6 Å². The van der Waals surface area contributed by atoms with Gasteiger partial charge in [-0.1, -0.05) is 17.7 Å². The number of hydrogen-bond acceptors (Lipinski definition) is 6. The number of rotatable bonds is 6. The van der Waals surface area contributed by atoms with Gasteiger partial charge in [0, 0.05) is 11.6 Å². The first-order valence-electron chi connectivity index (χ1n) is 9.77. The van der Waals surface area contributed by atoms with E-state index in [1.54, 1.807) is 23.0 Å². The average molecular weight is 503 g/mol. The molecule has 1 N–H and O–H groups in total. The van der Waals surface area contributed by atoms with Crippen LogP contribution in [0.4, 0.5) is 18.9 Å². The SMILES string of the molecule is CS(=O)(=O)OCC1CC(n2cc3cc(NC(=O)c4cccc(C(F)(F)F)n4)c(Cl)cc3n2)C1. The van der Waals surface area contributed by atoms with Crippen LogP contribution in [-0.2, 0) is 20.5 Å². The lowest BCUT2D eigenvalue weighted by atomic mass is 9.81. The number of carbonyl (C=O) groups is 1. The number of halogens is 4. The zero-order valence-electron chi connectivity index (χ0n) is 17.1. The monoisotopic (exact) mass is 502 g/mol. The van der Waals surface area contributed by atoms with Gasteiger partial charge in [0.15, 0.2) is 0 Å². The summed E-state index contributed by atoms with van der Waals surface area (Å²) >= 11 is 6.24. The van der Waals surface area contributed by atoms with Crippen molar-refractivity contribution in [1.29, 1.82) is 0 Å². The fraction of sp³-hybridized carbons (Fsp3) is 0.350. The predicted octanol–water partition coefficient (Wildman–Crippen LogP) is 4.28. The number of carbonyl (C=O) groups excluding carboxylic acids is 1. The molecule has 3 aromatic rings. The maximum Gasteiger partial charge on any atom is 0.433 e. The van der Waals surface area contributed by atoms with Crippen molar-refractivity contribution in [3.63, 3.8) is 0 Å². The fourth-order valence-electron chi connectivity index (χ4n) is 3.53. The topological polar surface area (TPSA) is 103 Å². The lowest BCUT2D eigenvalue weighted by Crippen LogP contribution is -2.30.